The van der Waals surface area contributed by atoms with E-state index < -0.39 is 0 Å². The van der Waals surface area contributed by atoms with Gasteiger partial charge in [0, 0.05) is 11.1 Å². The fourth-order valence-corrected chi connectivity index (χ4v) is 1.46. The molecule has 0 saturated carbocycles. The van der Waals surface area contributed by atoms with E-state index in [-0.39, 0.29) is 5.78 Å². The molecule has 0 amide bonds. The number of hydrogen-bond acceptors (Lipinski definition) is 5. The van der Waals surface area contributed by atoms with Crippen molar-refractivity contribution in [1.29, 1.82) is 0 Å². The number of carbonyl (C=O) groups excluding carboxylic acids is 1. The van der Waals surface area contributed by atoms with Gasteiger partial charge in [-0.05, 0) is 25.1 Å². The minimum atomic E-state index is -0.0149. The van der Waals surface area contributed by atoms with Crippen molar-refractivity contribution >= 4 is 5.78 Å². The molecule has 0 spiro atoms. The number of hydrogen-bond donors (Lipinski definition) is 0. The van der Waals surface area contributed by atoms with Crippen LogP contribution in [0.3, 0.4) is 0 Å². The predicted molar refractivity (Wildman–Crippen MR) is 63.8 cm³/mol. The molecule has 94 valence electrons. The molecule has 0 unspecified atom stereocenters. The summed E-state index contributed by atoms with van der Waals surface area (Å²) >= 11 is 0. The number of aromatic nitrogens is 1. The summed E-state index contributed by atoms with van der Waals surface area (Å²) in [6.45, 7) is 1.84. The lowest BCUT2D eigenvalue weighted by atomic mass is 10.1. The van der Waals surface area contributed by atoms with Gasteiger partial charge in [-0.3, -0.25) is 4.79 Å². The summed E-state index contributed by atoms with van der Waals surface area (Å²) in [5.41, 5.74) is 1.41. The average molecular weight is 247 g/mol. The summed E-state index contributed by atoms with van der Waals surface area (Å²) in [5, 5.41) is 3.58. The molecule has 5 nitrogen and oxygen atoms in total. The van der Waals surface area contributed by atoms with Crippen LogP contribution in [0.15, 0.2) is 35.2 Å². The summed E-state index contributed by atoms with van der Waals surface area (Å²) in [7, 11) is 1.53. The summed E-state index contributed by atoms with van der Waals surface area (Å²) in [6, 6.07) is 5.07. The molecule has 0 aliphatic heterocycles. The highest BCUT2D eigenvalue weighted by Gasteiger charge is 2.08. The fourth-order valence-electron chi connectivity index (χ4n) is 1.46. The lowest BCUT2D eigenvalue weighted by Gasteiger charge is -2.10. The minimum absolute atomic E-state index is 0.0149. The average Bonchev–Trinajstić information content (AvgIpc) is 2.89. The van der Waals surface area contributed by atoms with Crippen LogP contribution in [-0.2, 0) is 6.61 Å². The molecule has 0 N–H and O–H groups in total. The van der Waals surface area contributed by atoms with Crippen molar-refractivity contribution in [2.45, 2.75) is 13.5 Å². The molecular weight excluding hydrogens is 234 g/mol. The van der Waals surface area contributed by atoms with Gasteiger partial charge in [-0.25, -0.2) is 0 Å². The van der Waals surface area contributed by atoms with Crippen LogP contribution in [-0.4, -0.2) is 18.0 Å². The van der Waals surface area contributed by atoms with E-state index >= 15 is 0 Å². The van der Waals surface area contributed by atoms with Crippen molar-refractivity contribution in [2.24, 2.45) is 0 Å². The second-order valence-corrected chi connectivity index (χ2v) is 3.74. The Morgan fingerprint density at radius 3 is 2.83 bits per heavy atom. The van der Waals surface area contributed by atoms with Gasteiger partial charge in [-0.1, -0.05) is 5.16 Å². The molecule has 0 bridgehead atoms. The number of ketones is 1. The minimum Gasteiger partial charge on any atom is -0.493 e. The third kappa shape index (κ3) is 2.68. The fraction of sp³-hybridized carbons (Fsp3) is 0.231. The first-order valence-electron chi connectivity index (χ1n) is 5.40. The number of ether oxygens (including phenoxy) is 2. The maximum atomic E-state index is 11.3. The molecule has 0 aliphatic rings. The van der Waals surface area contributed by atoms with Crippen molar-refractivity contribution in [3.8, 4) is 11.5 Å². The molecule has 2 rings (SSSR count). The van der Waals surface area contributed by atoms with E-state index in [1.165, 1.54) is 20.3 Å². The Bertz CT molecular complexity index is 534. The quantitative estimate of drug-likeness (QED) is 0.759. The standard InChI is InChI=1S/C13H13NO4/c1-9(15)11-3-4-12(13(5-11)16-2)17-7-10-6-14-18-8-10/h3-6,8H,7H2,1-2H3. The second kappa shape index (κ2) is 5.35. The largest absolute Gasteiger partial charge is 0.493 e. The number of carbonyl (C=O) groups is 1. The van der Waals surface area contributed by atoms with Crippen molar-refractivity contribution < 1.29 is 18.8 Å². The van der Waals surface area contributed by atoms with Crippen LogP contribution in [0.5, 0.6) is 11.5 Å². The molecule has 2 aromatic rings. The van der Waals surface area contributed by atoms with E-state index in [2.05, 4.69) is 5.16 Å². The number of rotatable bonds is 5. The van der Waals surface area contributed by atoms with Gasteiger partial charge in [0.2, 0.25) is 0 Å². The molecule has 1 aromatic carbocycles. The number of benzene rings is 1. The molecule has 0 fully saturated rings. The highest BCUT2D eigenvalue weighted by Crippen LogP contribution is 2.28. The SMILES string of the molecule is COc1cc(C(C)=O)ccc1OCc1cnoc1. The third-order valence-electron chi connectivity index (χ3n) is 2.45. The Balaban J connectivity index is 2.14. The van der Waals surface area contributed by atoms with E-state index in [4.69, 9.17) is 14.0 Å². The Hall–Kier alpha value is -2.30. The van der Waals surface area contributed by atoms with Crippen LogP contribution in [0.25, 0.3) is 0 Å². The summed E-state index contributed by atoms with van der Waals surface area (Å²) in [4.78, 5) is 11.3. The van der Waals surface area contributed by atoms with Gasteiger partial charge in [-0.15, -0.1) is 0 Å². The molecule has 0 radical (unpaired) electrons. The van der Waals surface area contributed by atoms with Gasteiger partial charge < -0.3 is 14.0 Å². The van der Waals surface area contributed by atoms with E-state index in [9.17, 15) is 4.79 Å². The highest BCUT2D eigenvalue weighted by atomic mass is 16.5. The smallest absolute Gasteiger partial charge is 0.161 e. The zero-order valence-corrected chi connectivity index (χ0v) is 10.2. The molecule has 1 aromatic heterocycles. The molecular formula is C13H13NO4. The van der Waals surface area contributed by atoms with E-state index in [0.717, 1.165) is 5.56 Å². The van der Waals surface area contributed by atoms with Crippen molar-refractivity contribution in [2.75, 3.05) is 7.11 Å². The molecule has 0 atom stereocenters. The Morgan fingerprint density at radius 2 is 2.22 bits per heavy atom. The van der Waals surface area contributed by atoms with Gasteiger partial charge in [0.15, 0.2) is 17.3 Å². The van der Waals surface area contributed by atoms with Crippen molar-refractivity contribution in [1.82, 2.24) is 5.16 Å². The monoisotopic (exact) mass is 247 g/mol. The summed E-state index contributed by atoms with van der Waals surface area (Å²) in [6.07, 6.45) is 3.09. The lowest BCUT2D eigenvalue weighted by molar-refractivity contribution is 0.101. The van der Waals surface area contributed by atoms with Crippen LogP contribution in [0.2, 0.25) is 0 Å². The number of nitrogens with zero attached hydrogens (tertiary/aromatic N) is 1. The van der Waals surface area contributed by atoms with Gasteiger partial charge in [-0.2, -0.15) is 0 Å². The number of Topliss-reactive ketones (excluding diaryl/α,β-unsaturated/α-hetero) is 1. The van der Waals surface area contributed by atoms with Crippen LogP contribution in [0.1, 0.15) is 22.8 Å². The maximum Gasteiger partial charge on any atom is 0.161 e. The second-order valence-electron chi connectivity index (χ2n) is 3.74. The van der Waals surface area contributed by atoms with Crippen LogP contribution in [0, 0.1) is 0 Å². The van der Waals surface area contributed by atoms with E-state index in [1.807, 2.05) is 0 Å². The first-order chi connectivity index (χ1) is 8.70. The lowest BCUT2D eigenvalue weighted by Crippen LogP contribution is -1.99. The summed E-state index contributed by atoms with van der Waals surface area (Å²) < 4.78 is 15.5. The van der Waals surface area contributed by atoms with Crippen LogP contribution < -0.4 is 9.47 Å². The highest BCUT2D eigenvalue weighted by molar-refractivity contribution is 5.94. The molecule has 0 saturated heterocycles. The zero-order valence-electron chi connectivity index (χ0n) is 10.2. The summed E-state index contributed by atoms with van der Waals surface area (Å²) in [5.74, 6) is 1.08. The molecule has 18 heavy (non-hydrogen) atoms. The van der Waals surface area contributed by atoms with Gasteiger partial charge >= 0.3 is 0 Å². The van der Waals surface area contributed by atoms with E-state index in [1.54, 1.807) is 24.4 Å². The maximum absolute atomic E-state index is 11.3. The van der Waals surface area contributed by atoms with Crippen LogP contribution >= 0.6 is 0 Å². The van der Waals surface area contributed by atoms with Gasteiger partial charge in [0.1, 0.15) is 12.9 Å². The molecule has 1 heterocycles. The van der Waals surface area contributed by atoms with Gasteiger partial charge in [0.05, 0.1) is 13.3 Å². The Morgan fingerprint density at radius 1 is 1.39 bits per heavy atom. The first-order valence-corrected chi connectivity index (χ1v) is 5.40. The molecule has 5 heteroatoms. The predicted octanol–water partition coefficient (Wildman–Crippen LogP) is 2.46. The van der Waals surface area contributed by atoms with Gasteiger partial charge in [0.25, 0.3) is 0 Å². The zero-order chi connectivity index (χ0) is 13.0. The first kappa shape index (κ1) is 12.2. The normalized spacial score (nSPS) is 10.1. The van der Waals surface area contributed by atoms with Crippen molar-refractivity contribution in [3.63, 3.8) is 0 Å². The Kier molecular flexibility index (Phi) is 3.62. The van der Waals surface area contributed by atoms with E-state index in [0.29, 0.717) is 23.7 Å². The number of methoxy groups -OCH3 is 1. The topological polar surface area (TPSA) is 61.6 Å². The van der Waals surface area contributed by atoms with Crippen LogP contribution in [0.4, 0.5) is 0 Å². The third-order valence-corrected chi connectivity index (χ3v) is 2.45. The van der Waals surface area contributed by atoms with Crippen molar-refractivity contribution in [3.05, 3.63) is 41.8 Å². The Labute approximate surface area is 104 Å². The molecule has 0 aliphatic carbocycles.